The Hall–Kier alpha value is -2.98. The van der Waals surface area contributed by atoms with Gasteiger partial charge in [0, 0.05) is 36.0 Å². The van der Waals surface area contributed by atoms with Gasteiger partial charge in [0.1, 0.15) is 22.8 Å². The van der Waals surface area contributed by atoms with Crippen LogP contribution in [-0.4, -0.2) is 30.5 Å². The summed E-state index contributed by atoms with van der Waals surface area (Å²) in [6, 6.07) is 7.20. The zero-order valence-electron chi connectivity index (χ0n) is 18.3. The molecular formula is C22H22ClF2N3O4S. The fraction of sp³-hybridized carbons (Fsp3) is 0.273. The number of rotatable bonds is 5. The predicted molar refractivity (Wildman–Crippen MR) is 119 cm³/mol. The van der Waals surface area contributed by atoms with Crippen molar-refractivity contribution in [2.75, 3.05) is 7.05 Å². The predicted octanol–water partition coefficient (Wildman–Crippen LogP) is 5.16. The average Bonchev–Trinajstić information content (AvgIpc) is 3.08. The molecule has 0 spiro atoms. The number of pyridine rings is 1. The van der Waals surface area contributed by atoms with E-state index in [0.29, 0.717) is 3.97 Å². The van der Waals surface area contributed by atoms with Gasteiger partial charge in [-0.3, -0.25) is 0 Å². The highest BCUT2D eigenvalue weighted by Gasteiger charge is 2.37. The molecule has 176 valence electrons. The lowest BCUT2D eigenvalue weighted by Gasteiger charge is -2.29. The Morgan fingerprint density at radius 3 is 2.48 bits per heavy atom. The lowest BCUT2D eigenvalue weighted by Crippen LogP contribution is -2.29. The number of nitrogens with zero attached hydrogens (tertiary/aromatic N) is 2. The van der Waals surface area contributed by atoms with E-state index in [2.05, 4.69) is 10.3 Å². The monoisotopic (exact) mass is 497 g/mol. The third-order valence-electron chi connectivity index (χ3n) is 4.80. The van der Waals surface area contributed by atoms with Crippen LogP contribution in [0.25, 0.3) is 11.3 Å². The molecule has 0 aliphatic heterocycles. The van der Waals surface area contributed by atoms with Crippen LogP contribution in [0.2, 0.25) is 5.15 Å². The molecule has 1 atom stereocenters. The summed E-state index contributed by atoms with van der Waals surface area (Å²) in [6.07, 6.45) is 0.394. The van der Waals surface area contributed by atoms with Gasteiger partial charge >= 0.3 is 6.09 Å². The van der Waals surface area contributed by atoms with Crippen LogP contribution >= 0.6 is 11.6 Å². The number of nitrogens with one attached hydrogen (secondary N) is 1. The number of carbonyl (C=O) groups excluding carboxylic acids is 1. The largest absolute Gasteiger partial charge is 0.441 e. The smallest absolute Gasteiger partial charge is 0.407 e. The number of ether oxygens (including phenoxy) is 1. The van der Waals surface area contributed by atoms with Crippen molar-refractivity contribution in [3.63, 3.8) is 0 Å². The zero-order chi connectivity index (χ0) is 24.6. The molecule has 3 rings (SSSR count). The maximum atomic E-state index is 16.0. The van der Waals surface area contributed by atoms with Crippen LogP contribution in [0.1, 0.15) is 32.4 Å². The SMILES string of the molecule is CNC(=O)OC(c1cn(S(=O)(=O)c2cccc(F)c2)c(-c2cccnc2Cl)c1F)C(C)(C)C. The van der Waals surface area contributed by atoms with Crippen molar-refractivity contribution < 1.29 is 26.7 Å². The molecule has 1 aromatic carbocycles. The molecule has 0 aliphatic carbocycles. The van der Waals surface area contributed by atoms with Crippen molar-refractivity contribution in [3.05, 3.63) is 71.1 Å². The van der Waals surface area contributed by atoms with Crippen molar-refractivity contribution in [1.29, 1.82) is 0 Å². The van der Waals surface area contributed by atoms with Crippen LogP contribution in [0.3, 0.4) is 0 Å². The van der Waals surface area contributed by atoms with Gasteiger partial charge in [0.25, 0.3) is 10.0 Å². The molecule has 0 saturated carbocycles. The van der Waals surface area contributed by atoms with Crippen molar-refractivity contribution in [1.82, 2.24) is 14.3 Å². The molecule has 11 heteroatoms. The Morgan fingerprint density at radius 1 is 1.21 bits per heavy atom. The first kappa shape index (κ1) is 24.7. The van der Waals surface area contributed by atoms with Crippen LogP contribution in [0.15, 0.2) is 53.7 Å². The van der Waals surface area contributed by atoms with Crippen molar-refractivity contribution in [2.24, 2.45) is 5.41 Å². The Kier molecular flexibility index (Phi) is 6.80. The van der Waals surface area contributed by atoms with Gasteiger partial charge < -0.3 is 10.1 Å². The number of hydrogen-bond donors (Lipinski definition) is 1. The molecule has 33 heavy (non-hydrogen) atoms. The van der Waals surface area contributed by atoms with Crippen molar-refractivity contribution in [3.8, 4) is 11.3 Å². The third-order valence-corrected chi connectivity index (χ3v) is 6.76. The highest BCUT2D eigenvalue weighted by Crippen LogP contribution is 2.42. The first-order valence-corrected chi connectivity index (χ1v) is 11.6. The highest BCUT2D eigenvalue weighted by molar-refractivity contribution is 7.90. The summed E-state index contributed by atoms with van der Waals surface area (Å²) in [5.41, 5.74) is -1.43. The molecule has 2 aromatic heterocycles. The van der Waals surface area contributed by atoms with E-state index in [4.69, 9.17) is 16.3 Å². The standard InChI is InChI=1S/C22H22ClF2N3O4S/c1-22(2,3)19(32-21(29)26-4)16-12-28(33(30,31)14-8-5-7-13(24)11-14)18(17(16)25)15-9-6-10-27-20(15)23/h5-12,19H,1-4H3,(H,26,29). The minimum absolute atomic E-state index is 0.00417. The third kappa shape index (κ3) is 4.86. The summed E-state index contributed by atoms with van der Waals surface area (Å²) >= 11 is 6.17. The second-order valence-corrected chi connectivity index (χ2v) is 10.4. The van der Waals surface area contributed by atoms with E-state index < -0.39 is 49.9 Å². The highest BCUT2D eigenvalue weighted by atomic mass is 35.5. The molecule has 3 aromatic rings. The summed E-state index contributed by atoms with van der Waals surface area (Å²) in [4.78, 5) is 15.5. The fourth-order valence-electron chi connectivity index (χ4n) is 3.27. The van der Waals surface area contributed by atoms with Crippen molar-refractivity contribution in [2.45, 2.75) is 31.8 Å². The molecule has 1 unspecified atom stereocenters. The maximum absolute atomic E-state index is 16.0. The van der Waals surface area contributed by atoms with Gasteiger partial charge in [0.15, 0.2) is 5.82 Å². The molecule has 7 nitrogen and oxygen atoms in total. The number of halogens is 3. The number of amides is 1. The molecule has 0 radical (unpaired) electrons. The van der Waals surface area contributed by atoms with Gasteiger partial charge in [-0.05, 0) is 30.3 Å². The van der Waals surface area contributed by atoms with E-state index in [9.17, 15) is 17.6 Å². The number of hydrogen-bond acceptors (Lipinski definition) is 5. The first-order chi connectivity index (χ1) is 15.4. The van der Waals surface area contributed by atoms with Crippen LogP contribution < -0.4 is 5.32 Å². The van der Waals surface area contributed by atoms with Gasteiger partial charge in [0.2, 0.25) is 0 Å². The van der Waals surface area contributed by atoms with Gasteiger partial charge in [0.05, 0.1) is 4.90 Å². The average molecular weight is 498 g/mol. The molecule has 2 heterocycles. The Bertz CT molecular complexity index is 1300. The second-order valence-electron chi connectivity index (χ2n) is 8.25. The molecule has 0 fully saturated rings. The van der Waals surface area contributed by atoms with E-state index in [1.165, 1.54) is 37.5 Å². The van der Waals surface area contributed by atoms with Crippen LogP contribution in [0.5, 0.6) is 0 Å². The maximum Gasteiger partial charge on any atom is 0.407 e. The number of benzene rings is 1. The molecule has 1 amide bonds. The summed E-state index contributed by atoms with van der Waals surface area (Å²) in [6.45, 7) is 5.11. The van der Waals surface area contributed by atoms with Gasteiger partial charge in [-0.1, -0.05) is 38.4 Å². The summed E-state index contributed by atoms with van der Waals surface area (Å²) in [7, 11) is -3.13. The fourth-order valence-corrected chi connectivity index (χ4v) is 4.89. The van der Waals surface area contributed by atoms with Crippen molar-refractivity contribution >= 4 is 27.7 Å². The molecule has 0 aliphatic rings. The van der Waals surface area contributed by atoms with Gasteiger partial charge in [-0.15, -0.1) is 0 Å². The van der Waals surface area contributed by atoms with E-state index >= 15 is 4.39 Å². The first-order valence-electron chi connectivity index (χ1n) is 9.79. The minimum atomic E-state index is -4.48. The lowest BCUT2D eigenvalue weighted by molar-refractivity contribution is 0.0294. The number of alkyl carbamates (subject to hydrolysis) is 1. The van der Waals surface area contributed by atoms with Gasteiger partial charge in [-0.25, -0.2) is 30.9 Å². The Balaban J connectivity index is 2.36. The van der Waals surface area contributed by atoms with Gasteiger partial charge in [-0.2, -0.15) is 0 Å². The summed E-state index contributed by atoms with van der Waals surface area (Å²) < 4.78 is 62.7. The number of carbonyl (C=O) groups is 1. The van der Waals surface area contributed by atoms with E-state index in [1.54, 1.807) is 20.8 Å². The normalized spacial score (nSPS) is 12.9. The van der Waals surface area contributed by atoms with Crippen LogP contribution in [0, 0.1) is 17.0 Å². The second kappa shape index (κ2) is 9.11. The summed E-state index contributed by atoms with van der Waals surface area (Å²) in [5.74, 6) is -1.74. The molecule has 0 saturated heterocycles. The molecular weight excluding hydrogens is 476 g/mol. The van der Waals surface area contributed by atoms with E-state index in [1.807, 2.05) is 0 Å². The quantitative estimate of drug-likeness (QED) is 0.491. The minimum Gasteiger partial charge on any atom is -0.441 e. The van der Waals surface area contributed by atoms with Crippen LogP contribution in [-0.2, 0) is 14.8 Å². The zero-order valence-corrected chi connectivity index (χ0v) is 19.8. The van der Waals surface area contributed by atoms with Crippen LogP contribution in [0.4, 0.5) is 13.6 Å². The molecule has 1 N–H and O–H groups in total. The topological polar surface area (TPSA) is 90.3 Å². The summed E-state index contributed by atoms with van der Waals surface area (Å²) in [5, 5.41) is 2.16. The molecule has 0 bridgehead atoms. The lowest BCUT2D eigenvalue weighted by atomic mass is 9.85. The van der Waals surface area contributed by atoms with E-state index in [0.717, 1.165) is 18.3 Å². The Morgan fingerprint density at radius 2 is 1.91 bits per heavy atom. The van der Waals surface area contributed by atoms with E-state index in [-0.39, 0.29) is 16.3 Å². The Labute approximate surface area is 195 Å². The number of aromatic nitrogens is 2.